The molecular weight excluding hydrogens is 350 g/mol. The summed E-state index contributed by atoms with van der Waals surface area (Å²) in [5.41, 5.74) is 7.36. The molecule has 7 heteroatoms. The quantitative estimate of drug-likeness (QED) is 0.813. The number of ether oxygens (including phenoxy) is 1. The number of halogens is 1. The Morgan fingerprint density at radius 2 is 2.14 bits per heavy atom. The number of benzene rings is 1. The summed E-state index contributed by atoms with van der Waals surface area (Å²) in [6, 6.07) is 8.45. The molecule has 0 atom stereocenters. The van der Waals surface area contributed by atoms with Crippen LogP contribution in [0.25, 0.3) is 0 Å². The highest BCUT2D eigenvalue weighted by molar-refractivity contribution is 9.10. The van der Waals surface area contributed by atoms with Crippen LogP contribution in [-0.2, 0) is 9.53 Å². The number of esters is 1. The van der Waals surface area contributed by atoms with Gasteiger partial charge in [0.1, 0.15) is 11.4 Å². The number of nitrogens with zero attached hydrogens (tertiary/aromatic N) is 1. The molecule has 0 fully saturated rings. The van der Waals surface area contributed by atoms with Gasteiger partial charge >= 0.3 is 5.97 Å². The third kappa shape index (κ3) is 4.05. The normalized spacial score (nSPS) is 10.1. The summed E-state index contributed by atoms with van der Waals surface area (Å²) < 4.78 is 5.79. The first-order valence-corrected chi connectivity index (χ1v) is 7.20. The Balaban J connectivity index is 1.91. The minimum absolute atomic E-state index is 0.0652. The molecule has 0 spiro atoms. The maximum absolute atomic E-state index is 11.8. The van der Waals surface area contributed by atoms with Crippen molar-refractivity contribution in [3.05, 3.63) is 52.1 Å². The summed E-state index contributed by atoms with van der Waals surface area (Å²) >= 11 is 3.38. The summed E-state index contributed by atoms with van der Waals surface area (Å²) in [4.78, 5) is 27.4. The largest absolute Gasteiger partial charge is 0.452 e. The highest BCUT2D eigenvalue weighted by Gasteiger charge is 2.13. The van der Waals surface area contributed by atoms with E-state index in [4.69, 9.17) is 10.5 Å². The zero-order valence-electron chi connectivity index (χ0n) is 11.8. The van der Waals surface area contributed by atoms with Crippen LogP contribution in [0.3, 0.4) is 0 Å². The number of aryl methyl sites for hydroxylation is 1. The molecule has 0 saturated heterocycles. The third-order valence-corrected chi connectivity index (χ3v) is 3.70. The zero-order valence-corrected chi connectivity index (χ0v) is 13.4. The maximum Gasteiger partial charge on any atom is 0.342 e. The molecule has 3 N–H and O–H groups in total. The van der Waals surface area contributed by atoms with Gasteiger partial charge in [0.25, 0.3) is 5.91 Å². The number of anilines is 2. The summed E-state index contributed by atoms with van der Waals surface area (Å²) in [5.74, 6) is -1.06. The van der Waals surface area contributed by atoms with Crippen molar-refractivity contribution < 1.29 is 14.3 Å². The standard InChI is InChI=1S/C15H14BrN3O3/c1-9-4-5-10(7-12(9)16)19-13(20)8-22-15(21)11-3-2-6-18-14(11)17/h2-7H,8H2,1H3,(H2,17,18)(H,19,20). The number of hydrogen-bond acceptors (Lipinski definition) is 5. The summed E-state index contributed by atoms with van der Waals surface area (Å²) in [6.07, 6.45) is 1.47. The second kappa shape index (κ2) is 7.04. The molecule has 1 amide bonds. The van der Waals surface area contributed by atoms with Crippen LogP contribution in [-0.4, -0.2) is 23.5 Å². The summed E-state index contributed by atoms with van der Waals surface area (Å²) in [5, 5.41) is 2.64. The molecule has 114 valence electrons. The fourth-order valence-electron chi connectivity index (χ4n) is 1.67. The van der Waals surface area contributed by atoms with E-state index >= 15 is 0 Å². The van der Waals surface area contributed by atoms with E-state index in [1.54, 1.807) is 18.2 Å². The van der Waals surface area contributed by atoms with E-state index in [1.807, 2.05) is 13.0 Å². The zero-order chi connectivity index (χ0) is 16.1. The second-order valence-corrected chi connectivity index (χ2v) is 5.38. The van der Waals surface area contributed by atoms with Crippen molar-refractivity contribution in [3.63, 3.8) is 0 Å². The van der Waals surface area contributed by atoms with E-state index in [0.717, 1.165) is 10.0 Å². The first-order chi connectivity index (χ1) is 10.5. The van der Waals surface area contributed by atoms with Crippen molar-refractivity contribution in [2.45, 2.75) is 6.92 Å². The first-order valence-electron chi connectivity index (χ1n) is 6.41. The van der Waals surface area contributed by atoms with Gasteiger partial charge in [0, 0.05) is 16.4 Å². The molecule has 0 saturated carbocycles. The first kappa shape index (κ1) is 16.0. The monoisotopic (exact) mass is 363 g/mol. The Morgan fingerprint density at radius 1 is 1.36 bits per heavy atom. The molecule has 22 heavy (non-hydrogen) atoms. The van der Waals surface area contributed by atoms with E-state index in [2.05, 4.69) is 26.2 Å². The smallest absolute Gasteiger partial charge is 0.342 e. The van der Waals surface area contributed by atoms with Gasteiger partial charge in [-0.05, 0) is 36.8 Å². The van der Waals surface area contributed by atoms with Crippen LogP contribution >= 0.6 is 15.9 Å². The van der Waals surface area contributed by atoms with E-state index in [0.29, 0.717) is 5.69 Å². The molecule has 0 unspecified atom stereocenters. The molecular formula is C15H14BrN3O3. The van der Waals surface area contributed by atoms with E-state index in [1.165, 1.54) is 12.3 Å². The van der Waals surface area contributed by atoms with Crippen LogP contribution in [0.15, 0.2) is 41.0 Å². The Morgan fingerprint density at radius 3 is 2.82 bits per heavy atom. The fraction of sp³-hybridized carbons (Fsp3) is 0.133. The van der Waals surface area contributed by atoms with E-state index < -0.39 is 18.5 Å². The number of rotatable bonds is 4. The van der Waals surface area contributed by atoms with Crippen molar-refractivity contribution in [1.29, 1.82) is 0 Å². The van der Waals surface area contributed by atoms with E-state index in [9.17, 15) is 9.59 Å². The van der Waals surface area contributed by atoms with Gasteiger partial charge < -0.3 is 15.8 Å². The number of nitrogens with two attached hydrogens (primary N) is 1. The molecule has 2 rings (SSSR count). The predicted octanol–water partition coefficient (Wildman–Crippen LogP) is 2.53. The van der Waals surface area contributed by atoms with Gasteiger partial charge in [0.2, 0.25) is 0 Å². The number of carbonyl (C=O) groups is 2. The minimum atomic E-state index is -0.689. The number of aromatic nitrogens is 1. The number of nitrogen functional groups attached to an aromatic ring is 1. The fourth-order valence-corrected chi connectivity index (χ4v) is 2.05. The van der Waals surface area contributed by atoms with Gasteiger partial charge in [-0.25, -0.2) is 9.78 Å². The number of hydrogen-bond donors (Lipinski definition) is 2. The third-order valence-electron chi connectivity index (χ3n) is 2.85. The molecule has 0 aliphatic heterocycles. The average molecular weight is 364 g/mol. The van der Waals surface area contributed by atoms with Crippen LogP contribution in [0.2, 0.25) is 0 Å². The molecule has 2 aromatic rings. The van der Waals surface area contributed by atoms with Crippen molar-refractivity contribution in [2.24, 2.45) is 0 Å². The summed E-state index contributed by atoms with van der Waals surface area (Å²) in [6.45, 7) is 1.54. The van der Waals surface area contributed by atoms with Gasteiger partial charge in [0.15, 0.2) is 6.61 Å². The van der Waals surface area contributed by atoms with Crippen LogP contribution in [0, 0.1) is 6.92 Å². The summed E-state index contributed by atoms with van der Waals surface area (Å²) in [7, 11) is 0. The Hall–Kier alpha value is -2.41. The van der Waals surface area contributed by atoms with Crippen LogP contribution in [0.5, 0.6) is 0 Å². The molecule has 0 aliphatic rings. The van der Waals surface area contributed by atoms with Gasteiger partial charge in [-0.1, -0.05) is 22.0 Å². The second-order valence-electron chi connectivity index (χ2n) is 4.52. The topological polar surface area (TPSA) is 94.3 Å². The highest BCUT2D eigenvalue weighted by atomic mass is 79.9. The number of carbonyl (C=O) groups excluding carboxylic acids is 2. The molecule has 0 aliphatic carbocycles. The van der Waals surface area contributed by atoms with E-state index in [-0.39, 0.29) is 11.4 Å². The van der Waals surface area contributed by atoms with Crippen LogP contribution in [0.1, 0.15) is 15.9 Å². The highest BCUT2D eigenvalue weighted by Crippen LogP contribution is 2.20. The molecule has 6 nitrogen and oxygen atoms in total. The minimum Gasteiger partial charge on any atom is -0.452 e. The lowest BCUT2D eigenvalue weighted by Gasteiger charge is -2.08. The molecule has 1 aromatic carbocycles. The van der Waals surface area contributed by atoms with Gasteiger partial charge in [-0.2, -0.15) is 0 Å². The Kier molecular flexibility index (Phi) is 5.11. The van der Waals surface area contributed by atoms with Crippen molar-refractivity contribution in [1.82, 2.24) is 4.98 Å². The van der Waals surface area contributed by atoms with Crippen LogP contribution in [0.4, 0.5) is 11.5 Å². The number of nitrogens with one attached hydrogen (secondary N) is 1. The molecule has 1 heterocycles. The van der Waals surface area contributed by atoms with Crippen molar-refractivity contribution in [2.75, 3.05) is 17.7 Å². The van der Waals surface area contributed by atoms with Crippen LogP contribution < -0.4 is 11.1 Å². The maximum atomic E-state index is 11.8. The number of amides is 1. The lowest BCUT2D eigenvalue weighted by atomic mass is 10.2. The predicted molar refractivity (Wildman–Crippen MR) is 86.4 cm³/mol. The SMILES string of the molecule is Cc1ccc(NC(=O)COC(=O)c2cccnc2N)cc1Br. The Labute approximate surface area is 135 Å². The average Bonchev–Trinajstić information content (AvgIpc) is 2.49. The molecule has 0 bridgehead atoms. The lowest BCUT2D eigenvalue weighted by molar-refractivity contribution is -0.119. The molecule has 0 radical (unpaired) electrons. The van der Waals surface area contributed by atoms with Crippen molar-refractivity contribution >= 4 is 39.3 Å². The van der Waals surface area contributed by atoms with Gasteiger partial charge in [-0.15, -0.1) is 0 Å². The van der Waals surface area contributed by atoms with Gasteiger partial charge in [-0.3, -0.25) is 4.79 Å². The molecule has 1 aromatic heterocycles. The van der Waals surface area contributed by atoms with Gasteiger partial charge in [0.05, 0.1) is 0 Å². The number of pyridine rings is 1. The lowest BCUT2D eigenvalue weighted by Crippen LogP contribution is -2.21. The Bertz CT molecular complexity index is 719. The van der Waals surface area contributed by atoms with Crippen molar-refractivity contribution in [3.8, 4) is 0 Å².